The van der Waals surface area contributed by atoms with Gasteiger partial charge in [0.05, 0.1) is 6.20 Å². The van der Waals surface area contributed by atoms with Gasteiger partial charge in [-0.05, 0) is 30.5 Å². The maximum atomic E-state index is 9.18. The Morgan fingerprint density at radius 1 is 1.30 bits per heavy atom. The number of pyridine rings is 1. The molecule has 0 saturated carbocycles. The number of aromatic nitrogens is 3. The lowest BCUT2D eigenvalue weighted by Crippen LogP contribution is -2.22. The fourth-order valence-corrected chi connectivity index (χ4v) is 2.22. The van der Waals surface area contributed by atoms with Crippen molar-refractivity contribution in [2.24, 2.45) is 0 Å². The van der Waals surface area contributed by atoms with Crippen molar-refractivity contribution in [1.29, 1.82) is 0 Å². The van der Waals surface area contributed by atoms with E-state index >= 15 is 0 Å². The Morgan fingerprint density at radius 3 is 2.78 bits per heavy atom. The third kappa shape index (κ3) is 5.37. The second kappa shape index (κ2) is 8.89. The number of ether oxygens (including phenoxy) is 1. The van der Waals surface area contributed by atoms with Crippen LogP contribution in [0.2, 0.25) is 0 Å². The molecule has 0 bridgehead atoms. The third-order valence-electron chi connectivity index (χ3n) is 3.37. The van der Waals surface area contributed by atoms with Gasteiger partial charge in [0, 0.05) is 25.0 Å². The molecule has 2 aromatic heterocycles. The molecule has 0 unspecified atom stereocenters. The molecule has 0 fully saturated rings. The lowest BCUT2D eigenvalue weighted by atomic mass is 10.1. The van der Waals surface area contributed by atoms with Crippen molar-refractivity contribution in [2.75, 3.05) is 17.7 Å². The van der Waals surface area contributed by atoms with Gasteiger partial charge < -0.3 is 20.9 Å². The van der Waals surface area contributed by atoms with E-state index in [1.165, 1.54) is 0 Å². The van der Waals surface area contributed by atoms with Crippen LogP contribution in [0.4, 0.5) is 11.8 Å². The molecule has 0 saturated heterocycles. The van der Waals surface area contributed by atoms with Crippen molar-refractivity contribution >= 4 is 11.8 Å². The molecule has 2 aromatic rings. The van der Waals surface area contributed by atoms with Crippen molar-refractivity contribution in [2.45, 2.75) is 38.8 Å². The first-order valence-corrected chi connectivity index (χ1v) is 7.74. The lowest BCUT2D eigenvalue weighted by molar-refractivity contribution is 0.275. The number of rotatable bonds is 9. The van der Waals surface area contributed by atoms with Crippen LogP contribution in [0.15, 0.2) is 30.7 Å². The lowest BCUT2D eigenvalue weighted by Gasteiger charge is -2.19. The molecule has 0 radical (unpaired) electrons. The van der Waals surface area contributed by atoms with Gasteiger partial charge in [-0.2, -0.15) is 4.98 Å². The molecule has 124 valence electrons. The number of hydrogen-bond donors (Lipinski definition) is 3. The third-order valence-corrected chi connectivity index (χ3v) is 3.37. The second-order valence-electron chi connectivity index (χ2n) is 5.23. The van der Waals surface area contributed by atoms with Gasteiger partial charge in [-0.1, -0.05) is 13.3 Å². The Hall–Kier alpha value is -2.41. The summed E-state index contributed by atoms with van der Waals surface area (Å²) in [5.41, 5.74) is 6.69. The zero-order valence-corrected chi connectivity index (χ0v) is 13.3. The molecule has 0 aliphatic rings. The predicted octanol–water partition coefficient (Wildman–Crippen LogP) is 2.00. The van der Waals surface area contributed by atoms with Gasteiger partial charge in [-0.15, -0.1) is 0 Å². The zero-order chi connectivity index (χ0) is 16.5. The van der Waals surface area contributed by atoms with E-state index in [-0.39, 0.29) is 18.6 Å². The first kappa shape index (κ1) is 17.0. The Balaban J connectivity index is 2.09. The summed E-state index contributed by atoms with van der Waals surface area (Å²) in [6, 6.07) is 3.89. The van der Waals surface area contributed by atoms with E-state index in [1.54, 1.807) is 18.6 Å². The number of hydrogen-bond acceptors (Lipinski definition) is 7. The fraction of sp³-hybridized carbons (Fsp3) is 0.438. The molecule has 2 heterocycles. The van der Waals surface area contributed by atoms with Crippen LogP contribution in [0, 0.1) is 0 Å². The van der Waals surface area contributed by atoms with Gasteiger partial charge in [-0.3, -0.25) is 4.98 Å². The SMILES string of the molecule is CCC[C@@H](CCO)Nc1nc(N)ncc1OCc1ccncc1. The Kier molecular flexibility index (Phi) is 6.56. The summed E-state index contributed by atoms with van der Waals surface area (Å²) in [6.45, 7) is 2.61. The van der Waals surface area contributed by atoms with E-state index in [2.05, 4.69) is 27.2 Å². The maximum absolute atomic E-state index is 9.18. The average molecular weight is 317 g/mol. The van der Waals surface area contributed by atoms with Gasteiger partial charge in [0.25, 0.3) is 0 Å². The van der Waals surface area contributed by atoms with Crippen LogP contribution < -0.4 is 15.8 Å². The van der Waals surface area contributed by atoms with Crippen molar-refractivity contribution in [3.05, 3.63) is 36.3 Å². The molecular formula is C16H23N5O2. The fourth-order valence-electron chi connectivity index (χ4n) is 2.22. The van der Waals surface area contributed by atoms with Gasteiger partial charge in [0.15, 0.2) is 11.6 Å². The Labute approximate surface area is 135 Å². The van der Waals surface area contributed by atoms with Gasteiger partial charge in [0.1, 0.15) is 6.61 Å². The van der Waals surface area contributed by atoms with Gasteiger partial charge >= 0.3 is 0 Å². The van der Waals surface area contributed by atoms with E-state index in [4.69, 9.17) is 10.5 Å². The molecule has 0 aromatic carbocycles. The minimum atomic E-state index is 0.113. The number of nitrogens with zero attached hydrogens (tertiary/aromatic N) is 3. The second-order valence-corrected chi connectivity index (χ2v) is 5.23. The minimum Gasteiger partial charge on any atom is -0.483 e. The maximum Gasteiger partial charge on any atom is 0.222 e. The van der Waals surface area contributed by atoms with Gasteiger partial charge in [0.2, 0.25) is 5.95 Å². The summed E-state index contributed by atoms with van der Waals surface area (Å²) in [5, 5.41) is 12.5. The highest BCUT2D eigenvalue weighted by Gasteiger charge is 2.13. The number of aliphatic hydroxyl groups is 1. The van der Waals surface area contributed by atoms with Crippen LogP contribution in [-0.4, -0.2) is 32.7 Å². The monoisotopic (exact) mass is 317 g/mol. The molecular weight excluding hydrogens is 294 g/mol. The van der Waals surface area contributed by atoms with E-state index in [0.717, 1.165) is 18.4 Å². The first-order chi connectivity index (χ1) is 11.2. The van der Waals surface area contributed by atoms with Crippen molar-refractivity contribution in [3.8, 4) is 5.75 Å². The van der Waals surface area contributed by atoms with Crippen molar-refractivity contribution < 1.29 is 9.84 Å². The quantitative estimate of drug-likeness (QED) is 0.649. The molecule has 23 heavy (non-hydrogen) atoms. The van der Waals surface area contributed by atoms with Crippen LogP contribution >= 0.6 is 0 Å². The van der Waals surface area contributed by atoms with Crippen molar-refractivity contribution in [3.63, 3.8) is 0 Å². The highest BCUT2D eigenvalue weighted by Crippen LogP contribution is 2.24. The summed E-state index contributed by atoms with van der Waals surface area (Å²) in [7, 11) is 0. The number of nitrogen functional groups attached to an aromatic ring is 1. The molecule has 0 spiro atoms. The summed E-state index contributed by atoms with van der Waals surface area (Å²) in [6.07, 6.45) is 7.57. The summed E-state index contributed by atoms with van der Waals surface area (Å²) >= 11 is 0. The molecule has 2 rings (SSSR count). The standard InChI is InChI=1S/C16H23N5O2/c1-2-3-13(6-9-22)20-15-14(10-19-16(17)21-15)23-11-12-4-7-18-8-5-12/h4-5,7-8,10,13,22H,2-3,6,9,11H2,1H3,(H3,17,19,20,21)/t13-/m0/s1. The molecule has 4 N–H and O–H groups in total. The van der Waals surface area contributed by atoms with Crippen molar-refractivity contribution in [1.82, 2.24) is 15.0 Å². The first-order valence-electron chi connectivity index (χ1n) is 7.74. The average Bonchev–Trinajstić information content (AvgIpc) is 2.55. The molecule has 0 aliphatic heterocycles. The number of anilines is 2. The van der Waals surface area contributed by atoms with Crippen LogP contribution in [-0.2, 0) is 6.61 Å². The predicted molar refractivity (Wildman–Crippen MR) is 89.0 cm³/mol. The topological polar surface area (TPSA) is 106 Å². The molecule has 0 aliphatic carbocycles. The van der Waals surface area contributed by atoms with Gasteiger partial charge in [-0.25, -0.2) is 4.98 Å². The minimum absolute atomic E-state index is 0.113. The summed E-state index contributed by atoms with van der Waals surface area (Å²) in [4.78, 5) is 12.2. The van der Waals surface area contributed by atoms with Crippen LogP contribution in [0.1, 0.15) is 31.7 Å². The molecule has 7 heteroatoms. The zero-order valence-electron chi connectivity index (χ0n) is 13.3. The largest absolute Gasteiger partial charge is 0.483 e. The van der Waals surface area contributed by atoms with E-state index < -0.39 is 0 Å². The van der Waals surface area contributed by atoms with Crippen LogP contribution in [0.3, 0.4) is 0 Å². The summed E-state index contributed by atoms with van der Waals surface area (Å²) in [5.74, 6) is 1.27. The van der Waals surface area contributed by atoms with Crippen LogP contribution in [0.5, 0.6) is 5.75 Å². The Morgan fingerprint density at radius 2 is 2.09 bits per heavy atom. The highest BCUT2D eigenvalue weighted by atomic mass is 16.5. The highest BCUT2D eigenvalue weighted by molar-refractivity contribution is 5.51. The molecule has 0 amide bonds. The Bertz CT molecular complexity index is 588. The van der Waals surface area contributed by atoms with E-state index in [1.807, 2.05) is 12.1 Å². The summed E-state index contributed by atoms with van der Waals surface area (Å²) < 4.78 is 5.80. The van der Waals surface area contributed by atoms with E-state index in [0.29, 0.717) is 24.6 Å². The smallest absolute Gasteiger partial charge is 0.222 e. The normalized spacial score (nSPS) is 11.9. The molecule has 1 atom stereocenters. The number of nitrogens with two attached hydrogens (primary N) is 1. The number of aliphatic hydroxyl groups excluding tert-OH is 1. The number of nitrogens with one attached hydrogen (secondary N) is 1. The van der Waals surface area contributed by atoms with Crippen LogP contribution in [0.25, 0.3) is 0 Å². The molecule has 7 nitrogen and oxygen atoms in total. The van der Waals surface area contributed by atoms with E-state index in [9.17, 15) is 5.11 Å².